The molecule has 6 aliphatic carbocycles. The van der Waals surface area contributed by atoms with Gasteiger partial charge in [-0.2, -0.15) is 0 Å². The molecule has 0 unspecified atom stereocenters. The van der Waals surface area contributed by atoms with E-state index in [9.17, 15) is 15.0 Å². The minimum absolute atomic E-state index is 0.0741. The lowest BCUT2D eigenvalue weighted by Gasteiger charge is -2.58. The summed E-state index contributed by atoms with van der Waals surface area (Å²) < 4.78 is 0. The molecule has 0 radical (unpaired) electrons. The van der Waals surface area contributed by atoms with Crippen molar-refractivity contribution in [2.45, 2.75) is 70.0 Å². The first-order valence-electron chi connectivity index (χ1n) is 10.1. The molecule has 3 nitrogen and oxygen atoms in total. The number of hydrogen-bond acceptors (Lipinski definition) is 3. The Kier molecular flexibility index (Phi) is 3.51. The second-order valence-corrected chi connectivity index (χ2v) is 9.86. The highest BCUT2D eigenvalue weighted by Gasteiger charge is 2.53. The van der Waals surface area contributed by atoms with Crippen molar-refractivity contribution < 1.29 is 15.0 Å². The summed E-state index contributed by atoms with van der Waals surface area (Å²) in [5.74, 6) is 3.64. The molecule has 0 heterocycles. The van der Waals surface area contributed by atoms with Gasteiger partial charge < -0.3 is 10.2 Å². The van der Waals surface area contributed by atoms with Crippen molar-refractivity contribution >= 4 is 5.78 Å². The summed E-state index contributed by atoms with van der Waals surface area (Å²) >= 11 is 0. The van der Waals surface area contributed by atoms with Gasteiger partial charge in [-0.15, -0.1) is 0 Å². The summed E-state index contributed by atoms with van der Waals surface area (Å²) in [6.45, 7) is 0. The standard InChI is InChI=1S/C21H30O3/c22-16-6-15-7-19(23)17(18(15)8-16)1-2-20(24)21-9-12-3-13(10-21)5-14(4-12)11-21/h1-2,12-15,17-20,23-24H,3-11H2/t12?,13?,14?,15-,17-,18-,19-,20+,21?/m1/s1. The number of fused-ring (bicyclic) bond motifs is 1. The maximum atomic E-state index is 11.7. The number of hydrogen-bond donors (Lipinski definition) is 2. The van der Waals surface area contributed by atoms with Crippen LogP contribution in [0.4, 0.5) is 0 Å². The first-order valence-corrected chi connectivity index (χ1v) is 10.1. The molecule has 6 aliphatic rings. The van der Waals surface area contributed by atoms with E-state index in [1.807, 2.05) is 6.08 Å². The van der Waals surface area contributed by atoms with E-state index in [0.29, 0.717) is 30.5 Å². The summed E-state index contributed by atoms with van der Waals surface area (Å²) in [5, 5.41) is 21.4. The summed E-state index contributed by atoms with van der Waals surface area (Å²) in [6, 6.07) is 0. The van der Waals surface area contributed by atoms with E-state index in [0.717, 1.165) is 24.2 Å². The Hall–Kier alpha value is -0.670. The Morgan fingerprint density at radius 2 is 1.62 bits per heavy atom. The van der Waals surface area contributed by atoms with Crippen LogP contribution < -0.4 is 0 Å². The zero-order valence-corrected chi connectivity index (χ0v) is 14.4. The van der Waals surface area contributed by atoms with Crippen LogP contribution in [0.2, 0.25) is 0 Å². The van der Waals surface area contributed by atoms with Crippen LogP contribution in [0, 0.1) is 40.9 Å². The summed E-state index contributed by atoms with van der Waals surface area (Å²) in [6.07, 6.45) is 13.2. The maximum absolute atomic E-state index is 11.7. The van der Waals surface area contributed by atoms with Gasteiger partial charge in [0.15, 0.2) is 0 Å². The normalized spacial score (nSPS) is 53.9. The van der Waals surface area contributed by atoms with Gasteiger partial charge >= 0.3 is 0 Å². The quantitative estimate of drug-likeness (QED) is 0.782. The van der Waals surface area contributed by atoms with Crippen LogP contribution >= 0.6 is 0 Å². The molecule has 0 aromatic heterocycles. The average Bonchev–Trinajstić information content (AvgIpc) is 2.98. The fraction of sp³-hybridized carbons (Fsp3) is 0.857. The lowest BCUT2D eigenvalue weighted by atomic mass is 9.48. The molecule has 6 fully saturated rings. The number of carbonyl (C=O) groups excluding carboxylic acids is 1. The Labute approximate surface area is 144 Å². The van der Waals surface area contributed by atoms with Crippen LogP contribution in [0.15, 0.2) is 12.2 Å². The SMILES string of the molecule is O=C1C[C@@H]2C[C@@H](O)[C@H](C=C[C@H](O)C34CC5CC(CC(C5)C3)C4)[C@@H]2C1. The van der Waals surface area contributed by atoms with Crippen molar-refractivity contribution in [2.24, 2.45) is 40.9 Å². The largest absolute Gasteiger partial charge is 0.392 e. The molecule has 5 atom stereocenters. The Bertz CT molecular complexity index is 530. The van der Waals surface area contributed by atoms with Gasteiger partial charge in [0.2, 0.25) is 0 Å². The average molecular weight is 330 g/mol. The summed E-state index contributed by atoms with van der Waals surface area (Å²) in [4.78, 5) is 11.7. The monoisotopic (exact) mass is 330 g/mol. The molecule has 6 saturated carbocycles. The van der Waals surface area contributed by atoms with E-state index in [2.05, 4.69) is 6.08 Å². The number of carbonyl (C=O) groups is 1. The molecule has 4 bridgehead atoms. The Balaban J connectivity index is 1.32. The molecule has 0 saturated heterocycles. The van der Waals surface area contributed by atoms with E-state index in [-0.39, 0.29) is 23.5 Å². The van der Waals surface area contributed by atoms with Gasteiger partial charge in [-0.3, -0.25) is 4.79 Å². The third-order valence-electron chi connectivity index (χ3n) is 8.27. The highest BCUT2D eigenvalue weighted by molar-refractivity contribution is 5.81. The second kappa shape index (κ2) is 5.41. The van der Waals surface area contributed by atoms with E-state index < -0.39 is 0 Å². The molecule has 0 spiro atoms. The van der Waals surface area contributed by atoms with Crippen molar-refractivity contribution in [3.63, 3.8) is 0 Å². The zero-order chi connectivity index (χ0) is 16.5. The minimum atomic E-state index is -0.366. The van der Waals surface area contributed by atoms with Crippen molar-refractivity contribution in [2.75, 3.05) is 0 Å². The van der Waals surface area contributed by atoms with Crippen LogP contribution in [-0.2, 0) is 4.79 Å². The van der Waals surface area contributed by atoms with Gasteiger partial charge in [0.05, 0.1) is 12.2 Å². The van der Waals surface area contributed by atoms with Crippen LogP contribution in [0.25, 0.3) is 0 Å². The molecule has 6 rings (SSSR count). The molecule has 2 N–H and O–H groups in total. The van der Waals surface area contributed by atoms with Crippen molar-refractivity contribution in [3.05, 3.63) is 12.2 Å². The third-order valence-corrected chi connectivity index (χ3v) is 8.27. The number of Topliss-reactive ketones (excluding diaryl/α,β-unsaturated/α-hetero) is 1. The van der Waals surface area contributed by atoms with Gasteiger partial charge in [0.1, 0.15) is 5.78 Å². The minimum Gasteiger partial charge on any atom is -0.392 e. The van der Waals surface area contributed by atoms with Gasteiger partial charge in [-0.25, -0.2) is 0 Å². The highest BCUT2D eigenvalue weighted by Crippen LogP contribution is 2.61. The number of rotatable bonds is 3. The van der Waals surface area contributed by atoms with Crippen LogP contribution in [0.1, 0.15) is 57.8 Å². The lowest BCUT2D eigenvalue weighted by Crippen LogP contribution is -2.51. The third kappa shape index (κ3) is 2.34. The molecular weight excluding hydrogens is 300 g/mol. The molecule has 0 amide bonds. The highest BCUT2D eigenvalue weighted by atomic mass is 16.3. The van der Waals surface area contributed by atoms with Crippen LogP contribution in [0.5, 0.6) is 0 Å². The summed E-state index contributed by atoms with van der Waals surface area (Å²) in [5.41, 5.74) is 0.111. The Morgan fingerprint density at radius 3 is 2.25 bits per heavy atom. The number of aliphatic hydroxyl groups is 2. The summed E-state index contributed by atoms with van der Waals surface area (Å²) in [7, 11) is 0. The van der Waals surface area contributed by atoms with E-state index in [1.54, 1.807) is 0 Å². The van der Waals surface area contributed by atoms with E-state index in [4.69, 9.17) is 0 Å². The topological polar surface area (TPSA) is 57.5 Å². The first-order chi connectivity index (χ1) is 11.5. The Morgan fingerprint density at radius 1 is 1.00 bits per heavy atom. The molecular formula is C21H30O3. The molecule has 0 aromatic carbocycles. The first kappa shape index (κ1) is 15.6. The lowest BCUT2D eigenvalue weighted by molar-refractivity contribution is -0.118. The van der Waals surface area contributed by atoms with Crippen LogP contribution in [-0.4, -0.2) is 28.2 Å². The van der Waals surface area contributed by atoms with E-state index >= 15 is 0 Å². The molecule has 24 heavy (non-hydrogen) atoms. The molecule has 0 aromatic rings. The predicted octanol–water partition coefficient (Wildman–Crippen LogP) is 3.10. The number of aliphatic hydroxyl groups excluding tert-OH is 2. The van der Waals surface area contributed by atoms with Crippen molar-refractivity contribution in [1.29, 1.82) is 0 Å². The molecule has 0 aliphatic heterocycles. The fourth-order valence-corrected chi connectivity index (χ4v) is 7.67. The van der Waals surface area contributed by atoms with Gasteiger partial charge in [0.25, 0.3) is 0 Å². The fourth-order valence-electron chi connectivity index (χ4n) is 7.67. The maximum Gasteiger partial charge on any atom is 0.133 e. The van der Waals surface area contributed by atoms with Crippen LogP contribution in [0.3, 0.4) is 0 Å². The smallest absolute Gasteiger partial charge is 0.133 e. The molecule has 132 valence electrons. The van der Waals surface area contributed by atoms with Gasteiger partial charge in [0, 0.05) is 24.2 Å². The van der Waals surface area contributed by atoms with Crippen molar-refractivity contribution in [1.82, 2.24) is 0 Å². The zero-order valence-electron chi connectivity index (χ0n) is 14.4. The van der Waals surface area contributed by atoms with Gasteiger partial charge in [-0.05, 0) is 74.5 Å². The predicted molar refractivity (Wildman–Crippen MR) is 91.1 cm³/mol. The van der Waals surface area contributed by atoms with E-state index in [1.165, 1.54) is 38.5 Å². The number of ketones is 1. The van der Waals surface area contributed by atoms with Gasteiger partial charge in [-0.1, -0.05) is 12.2 Å². The molecule has 3 heteroatoms. The second-order valence-electron chi connectivity index (χ2n) is 9.86. The van der Waals surface area contributed by atoms with Crippen molar-refractivity contribution in [3.8, 4) is 0 Å².